The number of halogens is 3. The summed E-state index contributed by atoms with van der Waals surface area (Å²) < 4.78 is 37.8. The van der Waals surface area contributed by atoms with E-state index in [2.05, 4.69) is 10.6 Å². The molecule has 0 spiro atoms. The van der Waals surface area contributed by atoms with Crippen molar-refractivity contribution in [2.24, 2.45) is 5.92 Å². The van der Waals surface area contributed by atoms with E-state index in [0.717, 1.165) is 38.0 Å². The molecule has 1 fully saturated rings. The molecule has 1 saturated heterocycles. The Bertz CT molecular complexity index is 408. The van der Waals surface area contributed by atoms with Crippen LogP contribution in [0.2, 0.25) is 0 Å². The van der Waals surface area contributed by atoms with Gasteiger partial charge in [0, 0.05) is 6.54 Å². The zero-order valence-electron chi connectivity index (χ0n) is 11.6. The molecule has 0 aromatic heterocycles. The maximum atomic E-state index is 12.6. The first-order valence-electron chi connectivity index (χ1n) is 7.05. The molecule has 112 valence electrons. The summed E-state index contributed by atoms with van der Waals surface area (Å²) in [6, 6.07) is 5.65. The largest absolute Gasteiger partial charge is 0.416 e. The van der Waals surface area contributed by atoms with Crippen LogP contribution in [-0.2, 0) is 6.18 Å². The maximum Gasteiger partial charge on any atom is 0.416 e. The van der Waals surface area contributed by atoms with Crippen LogP contribution >= 0.6 is 0 Å². The second-order valence-corrected chi connectivity index (χ2v) is 5.37. The summed E-state index contributed by atoms with van der Waals surface area (Å²) in [7, 11) is 1.89. The summed E-state index contributed by atoms with van der Waals surface area (Å²) >= 11 is 0. The van der Waals surface area contributed by atoms with Crippen molar-refractivity contribution in [2.45, 2.75) is 24.9 Å². The van der Waals surface area contributed by atoms with E-state index in [0.29, 0.717) is 5.92 Å². The number of hydrogen-bond acceptors (Lipinski definition) is 2. The third-order valence-corrected chi connectivity index (χ3v) is 4.04. The van der Waals surface area contributed by atoms with Gasteiger partial charge in [-0.1, -0.05) is 12.1 Å². The Morgan fingerprint density at radius 2 is 1.80 bits per heavy atom. The van der Waals surface area contributed by atoms with Gasteiger partial charge in [0.05, 0.1) is 5.56 Å². The molecule has 1 unspecified atom stereocenters. The highest BCUT2D eigenvalue weighted by molar-refractivity contribution is 5.28. The van der Waals surface area contributed by atoms with Crippen LogP contribution in [-0.4, -0.2) is 26.7 Å². The normalized spacial score (nSPS) is 19.0. The quantitative estimate of drug-likeness (QED) is 0.889. The predicted octanol–water partition coefficient (Wildman–Crippen LogP) is 3.01. The number of likely N-dealkylation sites (N-methyl/N-ethyl adjacent to an activating group) is 1. The fourth-order valence-corrected chi connectivity index (χ4v) is 2.94. The predicted molar refractivity (Wildman–Crippen MR) is 73.7 cm³/mol. The van der Waals surface area contributed by atoms with Crippen molar-refractivity contribution >= 4 is 0 Å². The smallest absolute Gasteiger partial charge is 0.319 e. The molecule has 0 amide bonds. The molecular formula is C15H21F3N2. The van der Waals surface area contributed by atoms with Crippen LogP contribution in [0, 0.1) is 5.92 Å². The third-order valence-electron chi connectivity index (χ3n) is 4.04. The van der Waals surface area contributed by atoms with E-state index in [1.807, 2.05) is 7.05 Å². The van der Waals surface area contributed by atoms with E-state index in [9.17, 15) is 13.2 Å². The van der Waals surface area contributed by atoms with Crippen LogP contribution in [0.4, 0.5) is 13.2 Å². The van der Waals surface area contributed by atoms with E-state index < -0.39 is 11.7 Å². The summed E-state index contributed by atoms with van der Waals surface area (Å²) in [5.41, 5.74) is 0.425. The average Bonchev–Trinajstić information content (AvgIpc) is 2.45. The maximum absolute atomic E-state index is 12.6. The van der Waals surface area contributed by atoms with Gasteiger partial charge in [-0.15, -0.1) is 0 Å². The van der Waals surface area contributed by atoms with Gasteiger partial charge >= 0.3 is 6.18 Å². The second kappa shape index (κ2) is 6.59. The first-order valence-corrected chi connectivity index (χ1v) is 7.05. The fourth-order valence-electron chi connectivity index (χ4n) is 2.94. The van der Waals surface area contributed by atoms with Gasteiger partial charge in [-0.05, 0) is 62.5 Å². The van der Waals surface area contributed by atoms with Gasteiger partial charge in [-0.25, -0.2) is 0 Å². The lowest BCUT2D eigenvalue weighted by Gasteiger charge is -2.31. The van der Waals surface area contributed by atoms with Crippen LogP contribution in [0.3, 0.4) is 0 Å². The first kappa shape index (κ1) is 15.3. The molecule has 1 heterocycles. The van der Waals surface area contributed by atoms with E-state index in [-0.39, 0.29) is 5.92 Å². The fraction of sp³-hybridized carbons (Fsp3) is 0.600. The molecule has 0 aliphatic carbocycles. The van der Waals surface area contributed by atoms with Gasteiger partial charge in [0.1, 0.15) is 0 Å². The van der Waals surface area contributed by atoms with Gasteiger partial charge in [-0.2, -0.15) is 13.2 Å². The lowest BCUT2D eigenvalue weighted by molar-refractivity contribution is -0.137. The van der Waals surface area contributed by atoms with Crippen molar-refractivity contribution in [3.8, 4) is 0 Å². The van der Waals surface area contributed by atoms with Crippen molar-refractivity contribution in [3.05, 3.63) is 35.4 Å². The van der Waals surface area contributed by atoms with Crippen LogP contribution in [0.15, 0.2) is 24.3 Å². The number of benzene rings is 1. The van der Waals surface area contributed by atoms with E-state index in [4.69, 9.17) is 0 Å². The Hall–Kier alpha value is -1.07. The third kappa shape index (κ3) is 3.73. The van der Waals surface area contributed by atoms with Crippen molar-refractivity contribution in [3.63, 3.8) is 0 Å². The highest BCUT2D eigenvalue weighted by Gasteiger charge is 2.31. The van der Waals surface area contributed by atoms with Crippen LogP contribution < -0.4 is 10.6 Å². The van der Waals surface area contributed by atoms with Gasteiger partial charge in [0.2, 0.25) is 0 Å². The molecule has 0 saturated carbocycles. The summed E-state index contributed by atoms with van der Waals surface area (Å²) in [6.07, 6.45) is -2.10. The molecule has 2 nitrogen and oxygen atoms in total. The van der Waals surface area contributed by atoms with Crippen LogP contribution in [0.25, 0.3) is 0 Å². The summed E-state index contributed by atoms with van der Waals surface area (Å²) in [4.78, 5) is 0. The number of hydrogen-bond donors (Lipinski definition) is 2. The van der Waals surface area contributed by atoms with E-state index in [1.165, 1.54) is 12.1 Å². The van der Waals surface area contributed by atoms with Crippen molar-refractivity contribution in [2.75, 3.05) is 26.7 Å². The van der Waals surface area contributed by atoms with Gasteiger partial charge in [0.25, 0.3) is 0 Å². The molecule has 1 aromatic rings. The minimum absolute atomic E-state index is 0.282. The Morgan fingerprint density at radius 1 is 1.20 bits per heavy atom. The van der Waals surface area contributed by atoms with E-state index in [1.54, 1.807) is 12.1 Å². The molecule has 1 aromatic carbocycles. The van der Waals surface area contributed by atoms with E-state index >= 15 is 0 Å². The molecule has 1 atom stereocenters. The van der Waals surface area contributed by atoms with Gasteiger partial charge in [-0.3, -0.25) is 0 Å². The number of nitrogens with one attached hydrogen (secondary N) is 2. The summed E-state index contributed by atoms with van der Waals surface area (Å²) in [5, 5.41) is 6.49. The van der Waals surface area contributed by atoms with Crippen LogP contribution in [0.5, 0.6) is 0 Å². The molecule has 1 aliphatic heterocycles. The summed E-state index contributed by atoms with van der Waals surface area (Å²) in [6.45, 7) is 2.78. The summed E-state index contributed by atoms with van der Waals surface area (Å²) in [5.74, 6) is 0.810. The topological polar surface area (TPSA) is 24.1 Å². The molecule has 2 N–H and O–H groups in total. The second-order valence-electron chi connectivity index (χ2n) is 5.37. The number of piperidine rings is 1. The Balaban J connectivity index is 2.16. The van der Waals surface area contributed by atoms with Crippen molar-refractivity contribution in [1.82, 2.24) is 10.6 Å². The lowest BCUT2D eigenvalue weighted by atomic mass is 9.80. The minimum Gasteiger partial charge on any atom is -0.319 e. The van der Waals surface area contributed by atoms with Crippen molar-refractivity contribution < 1.29 is 13.2 Å². The SMILES string of the molecule is CNCC(c1ccc(C(F)(F)F)cc1)C1CCNCC1. The molecule has 0 radical (unpaired) electrons. The lowest BCUT2D eigenvalue weighted by Crippen LogP contribution is -2.34. The van der Waals surface area contributed by atoms with Gasteiger partial charge < -0.3 is 10.6 Å². The minimum atomic E-state index is -4.26. The monoisotopic (exact) mass is 286 g/mol. The standard InChI is InChI=1S/C15H21F3N2/c1-19-10-14(12-6-8-20-9-7-12)11-2-4-13(5-3-11)15(16,17)18/h2-5,12,14,19-20H,6-10H2,1H3. The number of rotatable bonds is 4. The molecular weight excluding hydrogens is 265 g/mol. The highest BCUT2D eigenvalue weighted by Crippen LogP contribution is 2.33. The zero-order chi connectivity index (χ0) is 14.6. The van der Waals surface area contributed by atoms with Crippen molar-refractivity contribution in [1.29, 1.82) is 0 Å². The van der Waals surface area contributed by atoms with Gasteiger partial charge in [0.15, 0.2) is 0 Å². The molecule has 20 heavy (non-hydrogen) atoms. The molecule has 0 bridgehead atoms. The Morgan fingerprint density at radius 3 is 2.30 bits per heavy atom. The highest BCUT2D eigenvalue weighted by atomic mass is 19.4. The number of alkyl halides is 3. The Labute approximate surface area is 117 Å². The average molecular weight is 286 g/mol. The zero-order valence-corrected chi connectivity index (χ0v) is 11.6. The van der Waals surface area contributed by atoms with Crippen LogP contribution in [0.1, 0.15) is 29.9 Å². The Kier molecular flexibility index (Phi) is 5.05. The first-order chi connectivity index (χ1) is 9.52. The molecule has 5 heteroatoms. The molecule has 1 aliphatic rings. The molecule has 2 rings (SSSR count).